The fraction of sp³-hybridized carbons (Fsp3) is 0.381. The maximum absolute atomic E-state index is 12.3. The van der Waals surface area contributed by atoms with Gasteiger partial charge in [0.15, 0.2) is 6.61 Å². The molecule has 3 rings (SSSR count). The van der Waals surface area contributed by atoms with E-state index >= 15 is 0 Å². The Morgan fingerprint density at radius 1 is 1.03 bits per heavy atom. The zero-order valence-corrected chi connectivity index (χ0v) is 16.5. The van der Waals surface area contributed by atoms with Crippen molar-refractivity contribution < 1.29 is 33.4 Å². The lowest BCUT2D eigenvalue weighted by atomic mass is 9.85. The van der Waals surface area contributed by atoms with Crippen LogP contribution < -0.4 is 5.32 Å². The summed E-state index contributed by atoms with van der Waals surface area (Å²) in [7, 11) is 1.27. The molecule has 1 aliphatic carbocycles. The lowest BCUT2D eigenvalue weighted by Gasteiger charge is -2.14. The molecular weight excluding hydrogens is 392 g/mol. The number of ether oxygens (including phenoxy) is 2. The SMILES string of the molecule is COC(=O)c1ccc(NC(=O)COC(=O)CCN2C(=O)[C@H]3CC=CC[C@@H]3C2=O)cc1. The van der Waals surface area contributed by atoms with Crippen molar-refractivity contribution in [2.24, 2.45) is 11.8 Å². The molecule has 1 saturated heterocycles. The average molecular weight is 414 g/mol. The normalized spacial score (nSPS) is 20.0. The van der Waals surface area contributed by atoms with E-state index in [2.05, 4.69) is 10.1 Å². The molecule has 1 aromatic rings. The highest BCUT2D eigenvalue weighted by atomic mass is 16.5. The van der Waals surface area contributed by atoms with E-state index in [1.807, 2.05) is 12.2 Å². The molecule has 158 valence electrons. The van der Waals surface area contributed by atoms with Gasteiger partial charge in [0, 0.05) is 12.2 Å². The zero-order valence-electron chi connectivity index (χ0n) is 16.5. The molecule has 1 fully saturated rings. The number of nitrogens with zero attached hydrogens (tertiary/aromatic N) is 1. The van der Waals surface area contributed by atoms with Crippen molar-refractivity contribution in [3.8, 4) is 0 Å². The number of allylic oxidation sites excluding steroid dienone is 2. The van der Waals surface area contributed by atoms with Gasteiger partial charge in [-0.2, -0.15) is 0 Å². The van der Waals surface area contributed by atoms with Gasteiger partial charge < -0.3 is 14.8 Å². The van der Waals surface area contributed by atoms with Gasteiger partial charge >= 0.3 is 11.9 Å². The fourth-order valence-electron chi connectivity index (χ4n) is 3.52. The molecule has 3 amide bonds. The number of anilines is 1. The van der Waals surface area contributed by atoms with E-state index in [4.69, 9.17) is 4.74 Å². The van der Waals surface area contributed by atoms with Crippen LogP contribution >= 0.6 is 0 Å². The molecule has 0 saturated carbocycles. The smallest absolute Gasteiger partial charge is 0.337 e. The van der Waals surface area contributed by atoms with Crippen LogP contribution in [-0.4, -0.2) is 54.8 Å². The lowest BCUT2D eigenvalue weighted by molar-refractivity contribution is -0.148. The molecule has 2 aliphatic rings. The van der Waals surface area contributed by atoms with Crippen molar-refractivity contribution in [2.45, 2.75) is 19.3 Å². The predicted octanol–water partition coefficient (Wildman–Crippen LogP) is 1.30. The Hall–Kier alpha value is -3.49. The summed E-state index contributed by atoms with van der Waals surface area (Å²) in [5.41, 5.74) is 0.761. The van der Waals surface area contributed by atoms with Crippen molar-refractivity contribution in [1.29, 1.82) is 0 Å². The molecule has 0 unspecified atom stereocenters. The maximum Gasteiger partial charge on any atom is 0.337 e. The van der Waals surface area contributed by atoms with Crippen LogP contribution in [0.25, 0.3) is 0 Å². The first-order valence-corrected chi connectivity index (χ1v) is 9.54. The molecule has 9 nitrogen and oxygen atoms in total. The van der Waals surface area contributed by atoms with Gasteiger partial charge in [-0.15, -0.1) is 0 Å². The quantitative estimate of drug-likeness (QED) is 0.406. The summed E-state index contributed by atoms with van der Waals surface area (Å²) < 4.78 is 9.51. The number of imide groups is 1. The van der Waals surface area contributed by atoms with Gasteiger partial charge in [0.05, 0.1) is 30.9 Å². The van der Waals surface area contributed by atoms with E-state index in [-0.39, 0.29) is 36.6 Å². The molecule has 2 atom stereocenters. The molecule has 0 spiro atoms. The Morgan fingerprint density at radius 2 is 1.63 bits per heavy atom. The standard InChI is InChI=1S/C21H22N2O7/c1-29-21(28)13-6-8-14(9-7-13)22-17(24)12-30-18(25)10-11-23-19(26)15-4-2-3-5-16(15)20(23)27/h2-3,6-9,15-16H,4-5,10-12H2,1H3,(H,22,24)/t15-,16-/m0/s1. The Balaban J connectivity index is 1.41. The largest absolute Gasteiger partial charge is 0.465 e. The first-order valence-electron chi connectivity index (χ1n) is 9.54. The molecule has 1 aromatic carbocycles. The summed E-state index contributed by atoms with van der Waals surface area (Å²) in [4.78, 5) is 61.0. The lowest BCUT2D eigenvalue weighted by Crippen LogP contribution is -2.33. The number of hydrogen-bond donors (Lipinski definition) is 1. The second-order valence-corrected chi connectivity index (χ2v) is 7.01. The van der Waals surface area contributed by atoms with Crippen LogP contribution in [0.3, 0.4) is 0 Å². The third-order valence-corrected chi connectivity index (χ3v) is 5.09. The minimum atomic E-state index is -0.681. The summed E-state index contributed by atoms with van der Waals surface area (Å²) >= 11 is 0. The fourth-order valence-corrected chi connectivity index (χ4v) is 3.52. The number of benzene rings is 1. The third kappa shape index (κ3) is 4.73. The summed E-state index contributed by atoms with van der Waals surface area (Å²) in [5, 5.41) is 2.53. The van der Waals surface area contributed by atoms with Crippen LogP contribution in [-0.2, 0) is 28.7 Å². The number of rotatable bonds is 7. The van der Waals surface area contributed by atoms with Gasteiger partial charge in [-0.3, -0.25) is 24.1 Å². The van der Waals surface area contributed by atoms with Crippen LogP contribution in [0.2, 0.25) is 0 Å². The second kappa shape index (κ2) is 9.34. The number of amides is 3. The van der Waals surface area contributed by atoms with Crippen molar-refractivity contribution >= 4 is 35.3 Å². The van der Waals surface area contributed by atoms with E-state index < -0.39 is 24.5 Å². The van der Waals surface area contributed by atoms with Crippen LogP contribution in [0.4, 0.5) is 5.69 Å². The third-order valence-electron chi connectivity index (χ3n) is 5.09. The van der Waals surface area contributed by atoms with Crippen molar-refractivity contribution in [3.05, 3.63) is 42.0 Å². The van der Waals surface area contributed by atoms with Gasteiger partial charge in [-0.1, -0.05) is 12.2 Å². The first kappa shape index (κ1) is 21.2. The first-order chi connectivity index (χ1) is 14.4. The molecule has 0 aromatic heterocycles. The Labute approximate surface area is 173 Å². The summed E-state index contributed by atoms with van der Waals surface area (Å²) in [6.07, 6.45) is 4.69. The highest BCUT2D eigenvalue weighted by molar-refractivity contribution is 6.05. The minimum Gasteiger partial charge on any atom is -0.465 e. The molecular formula is C21H22N2O7. The van der Waals surface area contributed by atoms with Crippen molar-refractivity contribution in [1.82, 2.24) is 4.90 Å². The summed E-state index contributed by atoms with van der Waals surface area (Å²) in [5.74, 6) is -2.91. The van der Waals surface area contributed by atoms with Gasteiger partial charge in [0.25, 0.3) is 5.91 Å². The van der Waals surface area contributed by atoms with E-state index in [1.165, 1.54) is 31.4 Å². The van der Waals surface area contributed by atoms with E-state index in [9.17, 15) is 24.0 Å². The Kier molecular flexibility index (Phi) is 6.61. The highest BCUT2D eigenvalue weighted by Crippen LogP contribution is 2.34. The maximum atomic E-state index is 12.3. The van der Waals surface area contributed by atoms with Crippen LogP contribution in [0.1, 0.15) is 29.6 Å². The molecule has 9 heteroatoms. The van der Waals surface area contributed by atoms with E-state index in [0.717, 1.165) is 4.90 Å². The Morgan fingerprint density at radius 3 is 2.20 bits per heavy atom. The number of methoxy groups -OCH3 is 1. The van der Waals surface area contributed by atoms with E-state index in [0.29, 0.717) is 24.1 Å². The topological polar surface area (TPSA) is 119 Å². The zero-order chi connectivity index (χ0) is 21.7. The molecule has 1 aliphatic heterocycles. The monoisotopic (exact) mass is 414 g/mol. The highest BCUT2D eigenvalue weighted by Gasteiger charge is 2.46. The van der Waals surface area contributed by atoms with Gasteiger partial charge in [-0.05, 0) is 37.1 Å². The van der Waals surface area contributed by atoms with Crippen LogP contribution in [0.15, 0.2) is 36.4 Å². The number of esters is 2. The van der Waals surface area contributed by atoms with Crippen molar-refractivity contribution in [3.63, 3.8) is 0 Å². The molecule has 30 heavy (non-hydrogen) atoms. The molecule has 1 heterocycles. The van der Waals surface area contributed by atoms with Gasteiger partial charge in [0.1, 0.15) is 0 Å². The van der Waals surface area contributed by atoms with Crippen LogP contribution in [0.5, 0.6) is 0 Å². The second-order valence-electron chi connectivity index (χ2n) is 7.01. The van der Waals surface area contributed by atoms with E-state index in [1.54, 1.807) is 0 Å². The number of likely N-dealkylation sites (tertiary alicyclic amines) is 1. The average Bonchev–Trinajstić information content (AvgIpc) is 3.01. The predicted molar refractivity (Wildman–Crippen MR) is 104 cm³/mol. The molecule has 1 N–H and O–H groups in total. The van der Waals surface area contributed by atoms with Crippen molar-refractivity contribution in [2.75, 3.05) is 25.6 Å². The number of carbonyl (C=O) groups excluding carboxylic acids is 5. The van der Waals surface area contributed by atoms with Gasteiger partial charge in [-0.25, -0.2) is 4.79 Å². The number of fused-ring (bicyclic) bond motifs is 1. The van der Waals surface area contributed by atoms with Crippen LogP contribution in [0, 0.1) is 11.8 Å². The molecule has 0 radical (unpaired) electrons. The summed E-state index contributed by atoms with van der Waals surface area (Å²) in [6.45, 7) is -0.561. The molecule has 0 bridgehead atoms. The Bertz CT molecular complexity index is 865. The number of carbonyl (C=O) groups is 5. The summed E-state index contributed by atoms with van der Waals surface area (Å²) in [6, 6.07) is 6.02. The number of nitrogens with one attached hydrogen (secondary N) is 1. The number of hydrogen-bond acceptors (Lipinski definition) is 7. The minimum absolute atomic E-state index is 0.0554. The van der Waals surface area contributed by atoms with Gasteiger partial charge in [0.2, 0.25) is 11.8 Å².